The van der Waals surface area contributed by atoms with Crippen LogP contribution >= 0.6 is 23.2 Å². The molecule has 1 saturated carbocycles. The quantitative estimate of drug-likeness (QED) is 0.817. The van der Waals surface area contributed by atoms with Gasteiger partial charge >= 0.3 is 0 Å². The Morgan fingerprint density at radius 2 is 1.90 bits per heavy atom. The van der Waals surface area contributed by atoms with Gasteiger partial charge in [0, 0.05) is 18.5 Å². The third kappa shape index (κ3) is 3.14. The van der Waals surface area contributed by atoms with Crippen molar-refractivity contribution in [1.29, 1.82) is 0 Å². The molecule has 1 atom stereocenters. The van der Waals surface area contributed by atoms with E-state index in [0.717, 1.165) is 25.3 Å². The Hall–Kier alpha value is -0.280. The molecule has 2 aliphatic rings. The SMILES string of the molecule is Clc1ccc(C2CNCC3(CCCCC3)CO2)cc1Cl. The number of ether oxygens (including phenoxy) is 1. The van der Waals surface area contributed by atoms with E-state index in [2.05, 4.69) is 5.32 Å². The van der Waals surface area contributed by atoms with Gasteiger partial charge in [0.05, 0.1) is 22.8 Å². The molecule has 4 heteroatoms. The number of benzene rings is 1. The second-order valence-corrected chi connectivity index (χ2v) is 6.98. The Kier molecular flexibility index (Phi) is 4.56. The van der Waals surface area contributed by atoms with Crippen molar-refractivity contribution in [2.45, 2.75) is 38.2 Å². The Morgan fingerprint density at radius 1 is 1.10 bits per heavy atom. The standard InChI is InChI=1S/C16H21Cl2NO/c17-13-5-4-12(8-14(13)18)15-9-19-10-16(11-20-15)6-2-1-3-7-16/h4-5,8,15,19H,1-3,6-7,9-11H2. The van der Waals surface area contributed by atoms with Gasteiger partial charge in [-0.2, -0.15) is 0 Å². The van der Waals surface area contributed by atoms with Crippen molar-refractivity contribution >= 4 is 23.2 Å². The van der Waals surface area contributed by atoms with Crippen molar-refractivity contribution in [2.75, 3.05) is 19.7 Å². The first-order valence-corrected chi connectivity index (χ1v) is 8.21. The number of hydrogen-bond acceptors (Lipinski definition) is 2. The summed E-state index contributed by atoms with van der Waals surface area (Å²) >= 11 is 12.1. The van der Waals surface area contributed by atoms with Crippen LogP contribution in [0.1, 0.15) is 43.8 Å². The van der Waals surface area contributed by atoms with E-state index < -0.39 is 0 Å². The lowest BCUT2D eigenvalue weighted by Gasteiger charge is -2.35. The summed E-state index contributed by atoms with van der Waals surface area (Å²) in [5, 5.41) is 4.79. The molecule has 1 N–H and O–H groups in total. The van der Waals surface area contributed by atoms with Crippen LogP contribution in [0.3, 0.4) is 0 Å². The topological polar surface area (TPSA) is 21.3 Å². The van der Waals surface area contributed by atoms with Gasteiger partial charge in [-0.25, -0.2) is 0 Å². The molecule has 0 bridgehead atoms. The van der Waals surface area contributed by atoms with Gasteiger partial charge in [-0.1, -0.05) is 48.5 Å². The largest absolute Gasteiger partial charge is 0.372 e. The summed E-state index contributed by atoms with van der Waals surface area (Å²) in [5.41, 5.74) is 1.46. The summed E-state index contributed by atoms with van der Waals surface area (Å²) < 4.78 is 6.21. The van der Waals surface area contributed by atoms with Gasteiger partial charge in [0.25, 0.3) is 0 Å². The van der Waals surface area contributed by atoms with Gasteiger partial charge < -0.3 is 10.1 Å². The highest BCUT2D eigenvalue weighted by Gasteiger charge is 2.35. The highest BCUT2D eigenvalue weighted by atomic mass is 35.5. The van der Waals surface area contributed by atoms with Crippen molar-refractivity contribution in [3.05, 3.63) is 33.8 Å². The van der Waals surface area contributed by atoms with Crippen molar-refractivity contribution < 1.29 is 4.74 Å². The van der Waals surface area contributed by atoms with E-state index in [0.29, 0.717) is 15.5 Å². The fourth-order valence-electron chi connectivity index (χ4n) is 3.41. The van der Waals surface area contributed by atoms with Crippen LogP contribution in [-0.2, 0) is 4.74 Å². The van der Waals surface area contributed by atoms with Crippen LogP contribution in [0.4, 0.5) is 0 Å². The van der Waals surface area contributed by atoms with Gasteiger partial charge in [-0.3, -0.25) is 0 Å². The van der Waals surface area contributed by atoms with Crippen LogP contribution in [0, 0.1) is 5.41 Å². The van der Waals surface area contributed by atoms with Crippen LogP contribution < -0.4 is 5.32 Å². The highest BCUT2D eigenvalue weighted by molar-refractivity contribution is 6.42. The van der Waals surface area contributed by atoms with E-state index in [9.17, 15) is 0 Å². The Bertz CT molecular complexity index is 472. The predicted molar refractivity (Wildman–Crippen MR) is 83.5 cm³/mol. The molecule has 0 aromatic heterocycles. The number of halogens is 2. The molecule has 2 fully saturated rings. The first kappa shape index (κ1) is 14.6. The third-order valence-corrected chi connectivity index (χ3v) is 5.39. The maximum Gasteiger partial charge on any atom is 0.0950 e. The molecule has 0 amide bonds. The fraction of sp³-hybridized carbons (Fsp3) is 0.625. The van der Waals surface area contributed by atoms with Crippen molar-refractivity contribution in [3.63, 3.8) is 0 Å². The average Bonchev–Trinajstić information content (AvgIpc) is 2.66. The van der Waals surface area contributed by atoms with E-state index in [-0.39, 0.29) is 6.10 Å². The predicted octanol–water partition coefficient (Wildman–Crippen LogP) is 4.60. The lowest BCUT2D eigenvalue weighted by atomic mass is 9.74. The maximum absolute atomic E-state index is 6.21. The molecule has 1 heterocycles. The number of nitrogens with one attached hydrogen (secondary N) is 1. The van der Waals surface area contributed by atoms with Crippen LogP contribution in [0.2, 0.25) is 10.0 Å². The van der Waals surface area contributed by atoms with Crippen LogP contribution in [0.25, 0.3) is 0 Å². The molecular formula is C16H21Cl2NO. The van der Waals surface area contributed by atoms with E-state index in [1.807, 2.05) is 18.2 Å². The van der Waals surface area contributed by atoms with Gasteiger partial charge in [-0.15, -0.1) is 0 Å². The number of rotatable bonds is 1. The monoisotopic (exact) mass is 313 g/mol. The summed E-state index contributed by atoms with van der Waals surface area (Å²) in [5.74, 6) is 0. The molecule has 1 unspecified atom stereocenters. The summed E-state index contributed by atoms with van der Waals surface area (Å²) in [6.07, 6.45) is 6.69. The molecule has 2 nitrogen and oxygen atoms in total. The molecule has 1 aliphatic heterocycles. The first-order chi connectivity index (χ1) is 9.69. The fourth-order valence-corrected chi connectivity index (χ4v) is 3.71. The average molecular weight is 314 g/mol. The second kappa shape index (κ2) is 6.23. The second-order valence-electron chi connectivity index (χ2n) is 6.16. The smallest absolute Gasteiger partial charge is 0.0950 e. The normalized spacial score (nSPS) is 26.4. The van der Waals surface area contributed by atoms with Crippen molar-refractivity contribution in [3.8, 4) is 0 Å². The van der Waals surface area contributed by atoms with E-state index in [4.69, 9.17) is 27.9 Å². The lowest BCUT2D eigenvalue weighted by molar-refractivity contribution is -0.00140. The summed E-state index contributed by atoms with van der Waals surface area (Å²) in [6.45, 7) is 2.77. The Balaban J connectivity index is 1.71. The maximum atomic E-state index is 6.21. The highest BCUT2D eigenvalue weighted by Crippen LogP contribution is 2.39. The molecular weight excluding hydrogens is 293 g/mol. The Labute approximate surface area is 130 Å². The van der Waals surface area contributed by atoms with Crippen LogP contribution in [0.15, 0.2) is 18.2 Å². The van der Waals surface area contributed by atoms with E-state index in [1.54, 1.807) is 0 Å². The molecule has 1 aliphatic carbocycles. The zero-order valence-electron chi connectivity index (χ0n) is 11.6. The van der Waals surface area contributed by atoms with E-state index >= 15 is 0 Å². The van der Waals surface area contributed by atoms with Crippen LogP contribution in [-0.4, -0.2) is 19.7 Å². The van der Waals surface area contributed by atoms with Gasteiger partial charge in [-0.05, 0) is 30.5 Å². The van der Waals surface area contributed by atoms with Crippen molar-refractivity contribution in [2.24, 2.45) is 5.41 Å². The molecule has 0 radical (unpaired) electrons. The van der Waals surface area contributed by atoms with Crippen molar-refractivity contribution in [1.82, 2.24) is 5.32 Å². The summed E-state index contributed by atoms with van der Waals surface area (Å²) in [7, 11) is 0. The zero-order chi connectivity index (χ0) is 14.0. The van der Waals surface area contributed by atoms with Crippen LogP contribution in [0.5, 0.6) is 0 Å². The molecule has 110 valence electrons. The summed E-state index contributed by atoms with van der Waals surface area (Å²) in [6, 6.07) is 5.79. The Morgan fingerprint density at radius 3 is 2.65 bits per heavy atom. The van der Waals surface area contributed by atoms with Gasteiger partial charge in [0.2, 0.25) is 0 Å². The first-order valence-electron chi connectivity index (χ1n) is 7.46. The molecule has 20 heavy (non-hydrogen) atoms. The minimum Gasteiger partial charge on any atom is -0.372 e. The molecule has 1 saturated heterocycles. The lowest BCUT2D eigenvalue weighted by Crippen LogP contribution is -2.37. The minimum absolute atomic E-state index is 0.0751. The molecule has 3 rings (SSSR count). The zero-order valence-corrected chi connectivity index (χ0v) is 13.1. The minimum atomic E-state index is 0.0751. The third-order valence-electron chi connectivity index (χ3n) is 4.65. The number of hydrogen-bond donors (Lipinski definition) is 1. The van der Waals surface area contributed by atoms with E-state index in [1.165, 1.54) is 32.1 Å². The molecule has 1 aromatic rings. The molecule has 1 spiro atoms. The molecule has 1 aromatic carbocycles. The van der Waals surface area contributed by atoms with Gasteiger partial charge in [0.1, 0.15) is 0 Å². The van der Waals surface area contributed by atoms with Gasteiger partial charge in [0.15, 0.2) is 0 Å². The summed E-state index contributed by atoms with van der Waals surface area (Å²) in [4.78, 5) is 0.